The van der Waals surface area contributed by atoms with Crippen LogP contribution in [0.15, 0.2) is 36.4 Å². The highest BCUT2D eigenvalue weighted by Gasteiger charge is 2.72. The maximum Gasteiger partial charge on any atom is 0.328 e. The Hall–Kier alpha value is -2.64. The zero-order valence-electron chi connectivity index (χ0n) is 18.1. The van der Waals surface area contributed by atoms with Gasteiger partial charge in [-0.3, -0.25) is 4.79 Å². The molecular weight excluding hydrogens is 398 g/mol. The molecule has 2 heterocycles. The summed E-state index contributed by atoms with van der Waals surface area (Å²) in [5.41, 5.74) is 0.737. The fourth-order valence-corrected chi connectivity index (χ4v) is 5.93. The van der Waals surface area contributed by atoms with Gasteiger partial charge in [-0.15, -0.1) is 0 Å². The van der Waals surface area contributed by atoms with Crippen LogP contribution in [0.1, 0.15) is 37.3 Å². The van der Waals surface area contributed by atoms with Crippen LogP contribution in [0.3, 0.4) is 0 Å². The van der Waals surface area contributed by atoms with Crippen LogP contribution < -0.4 is 9.47 Å². The number of hydrogen-bond donors (Lipinski definition) is 2. The first-order valence-corrected chi connectivity index (χ1v) is 10.6. The van der Waals surface area contributed by atoms with E-state index in [0.29, 0.717) is 24.3 Å². The third-order valence-electron chi connectivity index (χ3n) is 7.27. The number of rotatable bonds is 3. The van der Waals surface area contributed by atoms with E-state index in [1.165, 1.54) is 11.6 Å². The van der Waals surface area contributed by atoms with Crippen LogP contribution in [0, 0.1) is 0 Å². The number of carbonyl (C=O) groups excluding carboxylic acids is 1. The van der Waals surface area contributed by atoms with Gasteiger partial charge in [0, 0.05) is 24.1 Å². The first-order valence-electron chi connectivity index (χ1n) is 10.6. The molecule has 1 spiro atoms. The lowest BCUT2D eigenvalue weighted by atomic mass is 9.49. The minimum atomic E-state index is -0.914. The molecule has 166 valence electrons. The van der Waals surface area contributed by atoms with E-state index >= 15 is 0 Å². The summed E-state index contributed by atoms with van der Waals surface area (Å²) in [6.45, 7) is 2.70. The highest BCUT2D eigenvalue weighted by Crippen LogP contribution is 2.64. The molecule has 0 amide bonds. The summed E-state index contributed by atoms with van der Waals surface area (Å²) in [6.07, 6.45) is 7.87. The normalized spacial score (nSPS) is 33.0. The molecule has 0 aromatic heterocycles. The molecule has 0 radical (unpaired) electrons. The second-order valence-corrected chi connectivity index (χ2v) is 8.66. The number of likely N-dealkylation sites (N-methyl/N-ethyl adjacent to an activating group) is 1. The summed E-state index contributed by atoms with van der Waals surface area (Å²) in [4.78, 5) is 24.7. The fraction of sp³-hybridized carbons (Fsp3) is 0.500. The number of allylic oxidation sites excluding steroid dienone is 3. The third-order valence-corrected chi connectivity index (χ3v) is 7.27. The number of Topliss-reactive ketones (excluding diaryl/α,β-unsaturated/α-hetero) is 1. The fourth-order valence-electron chi connectivity index (χ4n) is 5.93. The summed E-state index contributed by atoms with van der Waals surface area (Å²) in [5.74, 6) is 0.555. The molecule has 1 aromatic rings. The lowest BCUT2D eigenvalue weighted by Gasteiger charge is -2.62. The average molecular weight is 427 g/mol. The number of methoxy groups -OCH3 is 1. The number of nitrogens with zero attached hydrogens (tertiary/aromatic N) is 1. The van der Waals surface area contributed by atoms with E-state index in [4.69, 9.17) is 14.6 Å². The standard InChI is InChI=1S/C18H21NO4.C6H8O2/c1-19-8-7-17-14-10-3-4-12(22-2)15(14)23-16(17)11(20)5-6-18(17,21)13(19)9-10;1-2-3-4-5-6(7)8/h3-4,13,16,21H,5-9H2,1-2H3;2-5H,1H3,(H,7,8)/t13-,16+,17+,18-;/m1./s1. The lowest BCUT2D eigenvalue weighted by molar-refractivity contribution is -0.185. The van der Waals surface area contributed by atoms with Crippen molar-refractivity contribution in [2.45, 2.75) is 55.8 Å². The van der Waals surface area contributed by atoms with Crippen molar-refractivity contribution in [2.75, 3.05) is 20.7 Å². The molecule has 2 aliphatic heterocycles. The Morgan fingerprint density at radius 2 is 2.10 bits per heavy atom. The van der Waals surface area contributed by atoms with Crippen LogP contribution in [-0.4, -0.2) is 65.3 Å². The molecule has 4 aliphatic rings. The number of aliphatic hydroxyl groups is 1. The van der Waals surface area contributed by atoms with Crippen molar-refractivity contribution >= 4 is 11.8 Å². The number of carbonyl (C=O) groups is 2. The van der Waals surface area contributed by atoms with Gasteiger partial charge in [0.1, 0.15) is 0 Å². The number of benzene rings is 1. The summed E-state index contributed by atoms with van der Waals surface area (Å²) in [5, 5.41) is 19.8. The van der Waals surface area contributed by atoms with Crippen LogP contribution in [0.5, 0.6) is 11.5 Å². The first-order chi connectivity index (χ1) is 14.8. The Bertz CT molecular complexity index is 969. The van der Waals surface area contributed by atoms with Gasteiger partial charge in [0.2, 0.25) is 0 Å². The minimum Gasteiger partial charge on any atom is -0.493 e. The van der Waals surface area contributed by atoms with E-state index in [0.717, 1.165) is 31.0 Å². The monoisotopic (exact) mass is 427 g/mol. The maximum absolute atomic E-state index is 12.7. The third kappa shape index (κ3) is 3.02. The van der Waals surface area contributed by atoms with Crippen molar-refractivity contribution < 1.29 is 29.3 Å². The van der Waals surface area contributed by atoms with Crippen molar-refractivity contribution in [2.24, 2.45) is 0 Å². The van der Waals surface area contributed by atoms with Gasteiger partial charge in [-0.25, -0.2) is 4.79 Å². The Kier molecular flexibility index (Phi) is 5.43. The number of piperidine rings is 1. The smallest absolute Gasteiger partial charge is 0.328 e. The van der Waals surface area contributed by atoms with Gasteiger partial charge in [0.15, 0.2) is 23.4 Å². The summed E-state index contributed by atoms with van der Waals surface area (Å²) >= 11 is 0. The predicted molar refractivity (Wildman–Crippen MR) is 115 cm³/mol. The van der Waals surface area contributed by atoms with Crippen molar-refractivity contribution in [3.63, 3.8) is 0 Å². The molecule has 7 nitrogen and oxygen atoms in total. The molecule has 4 atom stereocenters. The van der Waals surface area contributed by atoms with E-state index in [-0.39, 0.29) is 11.8 Å². The molecule has 1 saturated heterocycles. The molecule has 2 aliphatic carbocycles. The van der Waals surface area contributed by atoms with Crippen molar-refractivity contribution in [3.8, 4) is 11.5 Å². The summed E-state index contributed by atoms with van der Waals surface area (Å²) in [7, 11) is 3.70. The van der Waals surface area contributed by atoms with Crippen LogP contribution in [0.4, 0.5) is 0 Å². The second-order valence-electron chi connectivity index (χ2n) is 8.66. The molecule has 2 bridgehead atoms. The zero-order valence-corrected chi connectivity index (χ0v) is 18.1. The van der Waals surface area contributed by atoms with Gasteiger partial charge in [0.25, 0.3) is 0 Å². The Morgan fingerprint density at radius 1 is 1.32 bits per heavy atom. The van der Waals surface area contributed by atoms with E-state index in [9.17, 15) is 14.7 Å². The zero-order chi connectivity index (χ0) is 22.4. The van der Waals surface area contributed by atoms with Crippen molar-refractivity contribution in [1.82, 2.24) is 4.90 Å². The molecule has 2 N–H and O–H groups in total. The number of ether oxygens (including phenoxy) is 2. The van der Waals surface area contributed by atoms with E-state index < -0.39 is 23.1 Å². The van der Waals surface area contributed by atoms with Crippen LogP contribution in [0.25, 0.3) is 0 Å². The van der Waals surface area contributed by atoms with Gasteiger partial charge >= 0.3 is 5.97 Å². The van der Waals surface area contributed by atoms with E-state index in [1.54, 1.807) is 19.3 Å². The molecule has 31 heavy (non-hydrogen) atoms. The van der Waals surface area contributed by atoms with Crippen molar-refractivity contribution in [3.05, 3.63) is 47.6 Å². The van der Waals surface area contributed by atoms with Gasteiger partial charge < -0.3 is 24.6 Å². The van der Waals surface area contributed by atoms with Crippen LogP contribution >= 0.6 is 0 Å². The highest BCUT2D eigenvalue weighted by molar-refractivity contribution is 5.90. The minimum absolute atomic E-state index is 0.0438. The molecular formula is C24H29NO6. The second kappa shape index (κ2) is 7.80. The number of ketones is 1. The first kappa shape index (κ1) is 21.6. The quantitative estimate of drug-likeness (QED) is 0.564. The van der Waals surface area contributed by atoms with Gasteiger partial charge in [-0.1, -0.05) is 24.3 Å². The molecule has 5 rings (SSSR count). The molecule has 1 aromatic carbocycles. The Balaban J connectivity index is 0.000000250. The van der Waals surface area contributed by atoms with E-state index in [1.807, 2.05) is 13.0 Å². The largest absolute Gasteiger partial charge is 0.493 e. The molecule has 7 heteroatoms. The van der Waals surface area contributed by atoms with Crippen molar-refractivity contribution in [1.29, 1.82) is 0 Å². The number of aliphatic carboxylic acids is 1. The topological polar surface area (TPSA) is 96.3 Å². The maximum atomic E-state index is 12.7. The SMILES string of the molecule is CC=CC=CC(=O)O.COc1ccc2c3c1O[C@H]1C(=O)CC[C@@]4(O)[C@@H](C2)N(C)CC[C@]314. The number of hydrogen-bond acceptors (Lipinski definition) is 6. The van der Waals surface area contributed by atoms with E-state index in [2.05, 4.69) is 18.0 Å². The molecule has 0 unspecified atom stereocenters. The Morgan fingerprint density at radius 3 is 2.77 bits per heavy atom. The van der Waals surface area contributed by atoms with Gasteiger partial charge in [-0.05, 0) is 51.4 Å². The number of carboxylic acids is 1. The summed E-state index contributed by atoms with van der Waals surface area (Å²) < 4.78 is 11.6. The van der Waals surface area contributed by atoms with Crippen LogP contribution in [0.2, 0.25) is 0 Å². The summed E-state index contributed by atoms with van der Waals surface area (Å²) in [6, 6.07) is 4.05. The van der Waals surface area contributed by atoms with Crippen LogP contribution in [-0.2, 0) is 21.4 Å². The highest BCUT2D eigenvalue weighted by atomic mass is 16.5. The van der Waals surface area contributed by atoms with Gasteiger partial charge in [-0.2, -0.15) is 0 Å². The average Bonchev–Trinajstić information content (AvgIpc) is 3.10. The lowest BCUT2D eigenvalue weighted by Crippen LogP contribution is -2.76. The predicted octanol–water partition coefficient (Wildman–Crippen LogP) is 2.25. The molecule has 1 saturated carbocycles. The number of likely N-dealkylation sites (tertiary alicyclic amines) is 1. The Labute approximate surface area is 182 Å². The molecule has 2 fully saturated rings. The number of carboxylic acid groups (broad SMARTS) is 1. The van der Waals surface area contributed by atoms with Gasteiger partial charge in [0.05, 0.1) is 18.1 Å².